The van der Waals surface area contributed by atoms with E-state index in [1.165, 1.54) is 5.56 Å². The standard InChI is InChI=1S/C17H16BrN3/c1-11-10-13(18)8-9-14(11)16-15(17(19)21(2)20-16)12-6-4-3-5-7-12/h3-10H,19H2,1-2H3. The highest BCUT2D eigenvalue weighted by atomic mass is 79.9. The highest BCUT2D eigenvalue weighted by Crippen LogP contribution is 2.37. The molecular formula is C17H16BrN3. The number of hydrogen-bond acceptors (Lipinski definition) is 2. The molecule has 2 aromatic carbocycles. The van der Waals surface area contributed by atoms with Gasteiger partial charge in [-0.05, 0) is 30.2 Å². The summed E-state index contributed by atoms with van der Waals surface area (Å²) in [4.78, 5) is 0. The lowest BCUT2D eigenvalue weighted by Crippen LogP contribution is -1.97. The number of rotatable bonds is 2. The van der Waals surface area contributed by atoms with Gasteiger partial charge in [0.2, 0.25) is 0 Å². The zero-order valence-electron chi connectivity index (χ0n) is 12.0. The summed E-state index contributed by atoms with van der Waals surface area (Å²) >= 11 is 3.50. The number of nitrogen functional groups attached to an aromatic ring is 1. The maximum absolute atomic E-state index is 6.24. The number of nitrogens with two attached hydrogens (primary N) is 1. The first-order valence-electron chi connectivity index (χ1n) is 6.72. The van der Waals surface area contributed by atoms with Crippen molar-refractivity contribution in [3.8, 4) is 22.4 Å². The highest BCUT2D eigenvalue weighted by molar-refractivity contribution is 9.10. The Bertz CT molecular complexity index is 791. The minimum absolute atomic E-state index is 0.679. The van der Waals surface area contributed by atoms with Crippen LogP contribution in [0.3, 0.4) is 0 Å². The lowest BCUT2D eigenvalue weighted by Gasteiger charge is -2.07. The van der Waals surface area contributed by atoms with Gasteiger partial charge in [0.25, 0.3) is 0 Å². The van der Waals surface area contributed by atoms with Crippen LogP contribution in [-0.4, -0.2) is 9.78 Å². The minimum atomic E-state index is 0.679. The van der Waals surface area contributed by atoms with Crippen molar-refractivity contribution in [3.05, 3.63) is 58.6 Å². The molecule has 0 atom stereocenters. The van der Waals surface area contributed by atoms with E-state index in [4.69, 9.17) is 5.73 Å². The summed E-state index contributed by atoms with van der Waals surface area (Å²) < 4.78 is 2.80. The smallest absolute Gasteiger partial charge is 0.129 e. The summed E-state index contributed by atoms with van der Waals surface area (Å²) in [6.07, 6.45) is 0. The van der Waals surface area contributed by atoms with Crippen molar-refractivity contribution in [2.75, 3.05) is 5.73 Å². The van der Waals surface area contributed by atoms with Crippen molar-refractivity contribution in [1.82, 2.24) is 9.78 Å². The molecule has 0 amide bonds. The molecule has 0 aliphatic rings. The lowest BCUT2D eigenvalue weighted by atomic mass is 9.98. The van der Waals surface area contributed by atoms with Crippen molar-refractivity contribution >= 4 is 21.7 Å². The van der Waals surface area contributed by atoms with E-state index in [9.17, 15) is 0 Å². The molecule has 3 nitrogen and oxygen atoms in total. The van der Waals surface area contributed by atoms with Crippen LogP contribution in [0.2, 0.25) is 0 Å². The van der Waals surface area contributed by atoms with Gasteiger partial charge in [-0.15, -0.1) is 0 Å². The van der Waals surface area contributed by atoms with Gasteiger partial charge < -0.3 is 5.73 Å². The van der Waals surface area contributed by atoms with Crippen molar-refractivity contribution in [2.24, 2.45) is 7.05 Å². The number of halogens is 1. The molecule has 0 bridgehead atoms. The molecule has 4 heteroatoms. The van der Waals surface area contributed by atoms with Crippen LogP contribution in [-0.2, 0) is 7.05 Å². The van der Waals surface area contributed by atoms with Gasteiger partial charge in [-0.2, -0.15) is 5.10 Å². The van der Waals surface area contributed by atoms with Gasteiger partial charge in [-0.25, -0.2) is 0 Å². The molecule has 1 aromatic heterocycles. The molecule has 0 aliphatic carbocycles. The number of benzene rings is 2. The lowest BCUT2D eigenvalue weighted by molar-refractivity contribution is 0.782. The van der Waals surface area contributed by atoms with Gasteiger partial charge in [0.05, 0.1) is 5.56 Å². The Kier molecular flexibility index (Phi) is 3.55. The maximum atomic E-state index is 6.24. The first-order valence-corrected chi connectivity index (χ1v) is 7.51. The second-order valence-electron chi connectivity index (χ2n) is 5.06. The van der Waals surface area contributed by atoms with Crippen LogP contribution in [0.4, 0.5) is 5.82 Å². The molecular weight excluding hydrogens is 326 g/mol. The molecule has 0 fully saturated rings. The molecule has 0 spiro atoms. The number of hydrogen-bond donors (Lipinski definition) is 1. The van der Waals surface area contributed by atoms with Crippen LogP contribution in [0.1, 0.15) is 5.56 Å². The predicted octanol–water partition coefficient (Wildman–Crippen LogP) is 4.41. The molecule has 3 aromatic rings. The molecule has 0 aliphatic heterocycles. The van der Waals surface area contributed by atoms with E-state index in [1.807, 2.05) is 31.3 Å². The van der Waals surface area contributed by atoms with E-state index < -0.39 is 0 Å². The monoisotopic (exact) mass is 341 g/mol. The van der Waals surface area contributed by atoms with E-state index in [0.29, 0.717) is 5.82 Å². The fraction of sp³-hybridized carbons (Fsp3) is 0.118. The van der Waals surface area contributed by atoms with E-state index in [0.717, 1.165) is 26.9 Å². The average Bonchev–Trinajstić information content (AvgIpc) is 2.75. The zero-order valence-corrected chi connectivity index (χ0v) is 13.6. The normalized spacial score (nSPS) is 10.8. The van der Waals surface area contributed by atoms with E-state index >= 15 is 0 Å². The first kappa shape index (κ1) is 13.9. The Morgan fingerprint density at radius 3 is 2.48 bits per heavy atom. The summed E-state index contributed by atoms with van der Waals surface area (Å²) in [5.74, 6) is 0.679. The Morgan fingerprint density at radius 1 is 1.10 bits per heavy atom. The van der Waals surface area contributed by atoms with Gasteiger partial charge in [0, 0.05) is 17.1 Å². The predicted molar refractivity (Wildman–Crippen MR) is 90.9 cm³/mol. The Hall–Kier alpha value is -2.07. The van der Waals surface area contributed by atoms with Crippen molar-refractivity contribution < 1.29 is 0 Å². The fourth-order valence-corrected chi connectivity index (χ4v) is 2.98. The van der Waals surface area contributed by atoms with E-state index in [1.54, 1.807) is 4.68 Å². The van der Waals surface area contributed by atoms with Crippen molar-refractivity contribution in [1.29, 1.82) is 0 Å². The summed E-state index contributed by atoms with van der Waals surface area (Å²) in [6, 6.07) is 16.3. The Balaban J connectivity index is 2.27. The summed E-state index contributed by atoms with van der Waals surface area (Å²) in [6.45, 7) is 2.08. The number of anilines is 1. The average molecular weight is 342 g/mol. The van der Waals surface area contributed by atoms with Gasteiger partial charge in [-0.1, -0.05) is 52.3 Å². The molecule has 0 radical (unpaired) electrons. The Morgan fingerprint density at radius 2 is 1.81 bits per heavy atom. The van der Waals surface area contributed by atoms with Crippen molar-refractivity contribution in [3.63, 3.8) is 0 Å². The third-order valence-electron chi connectivity index (χ3n) is 3.60. The van der Waals surface area contributed by atoms with Crippen LogP contribution in [0, 0.1) is 6.92 Å². The third-order valence-corrected chi connectivity index (χ3v) is 4.09. The topological polar surface area (TPSA) is 43.8 Å². The third kappa shape index (κ3) is 2.47. The summed E-state index contributed by atoms with van der Waals surface area (Å²) in [5, 5.41) is 4.62. The van der Waals surface area contributed by atoms with Crippen LogP contribution >= 0.6 is 15.9 Å². The fourth-order valence-electron chi connectivity index (χ4n) is 2.51. The number of nitrogens with zero attached hydrogens (tertiary/aromatic N) is 2. The maximum Gasteiger partial charge on any atom is 0.129 e. The van der Waals surface area contributed by atoms with Gasteiger partial charge in [0.1, 0.15) is 11.5 Å². The molecule has 2 N–H and O–H groups in total. The summed E-state index contributed by atoms with van der Waals surface area (Å²) in [7, 11) is 1.87. The second-order valence-corrected chi connectivity index (χ2v) is 5.97. The summed E-state index contributed by atoms with van der Waals surface area (Å²) in [5.41, 5.74) is 11.5. The number of aryl methyl sites for hydroxylation is 2. The van der Waals surface area contributed by atoms with Gasteiger partial charge in [-0.3, -0.25) is 4.68 Å². The zero-order chi connectivity index (χ0) is 15.0. The minimum Gasteiger partial charge on any atom is -0.383 e. The molecule has 21 heavy (non-hydrogen) atoms. The van der Waals surface area contributed by atoms with Crippen LogP contribution in [0.15, 0.2) is 53.0 Å². The highest BCUT2D eigenvalue weighted by Gasteiger charge is 2.18. The molecule has 0 saturated heterocycles. The molecule has 0 saturated carbocycles. The van der Waals surface area contributed by atoms with Crippen LogP contribution in [0.25, 0.3) is 22.4 Å². The SMILES string of the molecule is Cc1cc(Br)ccc1-c1nn(C)c(N)c1-c1ccccc1. The van der Waals surface area contributed by atoms with E-state index in [2.05, 4.69) is 52.2 Å². The first-order chi connectivity index (χ1) is 10.1. The molecule has 1 heterocycles. The second kappa shape index (κ2) is 5.37. The van der Waals surface area contributed by atoms with Crippen molar-refractivity contribution in [2.45, 2.75) is 6.92 Å². The van der Waals surface area contributed by atoms with Crippen LogP contribution < -0.4 is 5.73 Å². The Labute approximate surface area is 132 Å². The van der Waals surface area contributed by atoms with Crippen LogP contribution in [0.5, 0.6) is 0 Å². The quantitative estimate of drug-likeness (QED) is 0.750. The van der Waals surface area contributed by atoms with Gasteiger partial charge >= 0.3 is 0 Å². The molecule has 106 valence electrons. The van der Waals surface area contributed by atoms with E-state index in [-0.39, 0.29) is 0 Å². The molecule has 3 rings (SSSR count). The largest absolute Gasteiger partial charge is 0.383 e. The molecule has 0 unspecified atom stereocenters. The number of aromatic nitrogens is 2. The van der Waals surface area contributed by atoms with Gasteiger partial charge in [0.15, 0.2) is 0 Å².